The number of amides is 1. The lowest BCUT2D eigenvalue weighted by molar-refractivity contribution is -0.119. The molecule has 1 atom stereocenters. The van der Waals surface area contributed by atoms with Crippen molar-refractivity contribution < 1.29 is 4.79 Å². The smallest absolute Gasteiger partial charge is 0.241 e. The summed E-state index contributed by atoms with van der Waals surface area (Å²) < 4.78 is 0. The molecule has 1 amide bonds. The standard InChI is InChI=1S/C14H18N4O/c1-14(2,3)12(15)13(19)18-9-4-5-10-11(8-9)17-7-6-16-10/h4-8,12H,15H2,1-3H3,(H,18,19)/t12-/m0/s1. The number of fused-ring (bicyclic) bond motifs is 1. The molecule has 5 nitrogen and oxygen atoms in total. The summed E-state index contributed by atoms with van der Waals surface area (Å²) in [6.07, 6.45) is 3.25. The molecule has 0 fully saturated rings. The Morgan fingerprint density at radius 2 is 1.84 bits per heavy atom. The first kappa shape index (κ1) is 13.4. The van der Waals surface area contributed by atoms with Crippen LogP contribution >= 0.6 is 0 Å². The van der Waals surface area contributed by atoms with Crippen molar-refractivity contribution in [3.05, 3.63) is 30.6 Å². The van der Waals surface area contributed by atoms with Crippen molar-refractivity contribution in [1.82, 2.24) is 9.97 Å². The molecule has 0 aliphatic heterocycles. The summed E-state index contributed by atoms with van der Waals surface area (Å²) in [4.78, 5) is 20.4. The van der Waals surface area contributed by atoms with Gasteiger partial charge >= 0.3 is 0 Å². The molecule has 0 saturated heterocycles. The number of carbonyl (C=O) groups is 1. The fourth-order valence-electron chi connectivity index (χ4n) is 1.65. The summed E-state index contributed by atoms with van der Waals surface area (Å²) in [5.74, 6) is -0.198. The number of anilines is 1. The third-order valence-electron chi connectivity index (χ3n) is 2.95. The molecular formula is C14H18N4O. The summed E-state index contributed by atoms with van der Waals surface area (Å²) in [5, 5.41) is 2.81. The van der Waals surface area contributed by atoms with Crippen LogP contribution in [0.2, 0.25) is 0 Å². The van der Waals surface area contributed by atoms with E-state index in [1.54, 1.807) is 24.5 Å². The van der Waals surface area contributed by atoms with Gasteiger partial charge in [-0.15, -0.1) is 0 Å². The summed E-state index contributed by atoms with van der Waals surface area (Å²) in [5.41, 5.74) is 7.85. The average molecular weight is 258 g/mol. The number of nitrogens with one attached hydrogen (secondary N) is 1. The first-order chi connectivity index (χ1) is 8.88. The van der Waals surface area contributed by atoms with Gasteiger partial charge in [0.2, 0.25) is 5.91 Å². The van der Waals surface area contributed by atoms with Crippen LogP contribution in [-0.4, -0.2) is 21.9 Å². The SMILES string of the molecule is CC(C)(C)[C@@H](N)C(=O)Nc1ccc2nccnc2c1. The minimum atomic E-state index is -0.565. The normalized spacial score (nSPS) is 13.3. The van der Waals surface area contributed by atoms with E-state index < -0.39 is 6.04 Å². The van der Waals surface area contributed by atoms with E-state index in [0.29, 0.717) is 5.69 Å². The van der Waals surface area contributed by atoms with Crippen molar-refractivity contribution in [2.24, 2.45) is 11.1 Å². The Morgan fingerprint density at radius 3 is 2.47 bits per heavy atom. The molecule has 2 aromatic rings. The van der Waals surface area contributed by atoms with Gasteiger partial charge in [0.15, 0.2) is 0 Å². The van der Waals surface area contributed by atoms with E-state index in [1.807, 2.05) is 26.8 Å². The van der Waals surface area contributed by atoms with E-state index in [1.165, 1.54) is 0 Å². The number of nitrogens with zero attached hydrogens (tertiary/aromatic N) is 2. The van der Waals surface area contributed by atoms with E-state index >= 15 is 0 Å². The van der Waals surface area contributed by atoms with Gasteiger partial charge in [-0.3, -0.25) is 14.8 Å². The molecular weight excluding hydrogens is 240 g/mol. The molecule has 1 aromatic heterocycles. The zero-order valence-corrected chi connectivity index (χ0v) is 11.3. The van der Waals surface area contributed by atoms with Crippen molar-refractivity contribution in [3.8, 4) is 0 Å². The number of hydrogen-bond acceptors (Lipinski definition) is 4. The summed E-state index contributed by atoms with van der Waals surface area (Å²) in [6, 6.07) is 4.84. The molecule has 1 aromatic carbocycles. The molecule has 0 bridgehead atoms. The minimum absolute atomic E-state index is 0.198. The first-order valence-corrected chi connectivity index (χ1v) is 6.15. The molecule has 0 unspecified atom stereocenters. The van der Waals surface area contributed by atoms with Gasteiger partial charge in [0.1, 0.15) is 0 Å². The number of benzene rings is 1. The van der Waals surface area contributed by atoms with Gasteiger partial charge in [0, 0.05) is 18.1 Å². The average Bonchev–Trinajstić information content (AvgIpc) is 2.36. The van der Waals surface area contributed by atoms with Gasteiger partial charge in [0.05, 0.1) is 17.1 Å². The Balaban J connectivity index is 2.20. The lowest BCUT2D eigenvalue weighted by Crippen LogP contribution is -2.45. The van der Waals surface area contributed by atoms with E-state index in [0.717, 1.165) is 11.0 Å². The van der Waals surface area contributed by atoms with Crippen LogP contribution in [0.3, 0.4) is 0 Å². The van der Waals surface area contributed by atoms with E-state index in [9.17, 15) is 4.79 Å². The zero-order valence-electron chi connectivity index (χ0n) is 11.3. The second-order valence-corrected chi connectivity index (χ2v) is 5.59. The highest BCUT2D eigenvalue weighted by Crippen LogP contribution is 2.20. The number of hydrogen-bond donors (Lipinski definition) is 2. The second kappa shape index (κ2) is 4.93. The van der Waals surface area contributed by atoms with Crippen LogP contribution < -0.4 is 11.1 Å². The van der Waals surface area contributed by atoms with Gasteiger partial charge in [0.25, 0.3) is 0 Å². The fourth-order valence-corrected chi connectivity index (χ4v) is 1.65. The molecule has 0 spiro atoms. The maximum absolute atomic E-state index is 12.0. The Morgan fingerprint density at radius 1 is 1.21 bits per heavy atom. The molecule has 19 heavy (non-hydrogen) atoms. The van der Waals surface area contributed by atoms with E-state index in [4.69, 9.17) is 5.73 Å². The molecule has 1 heterocycles. The largest absolute Gasteiger partial charge is 0.325 e. The predicted molar refractivity (Wildman–Crippen MR) is 75.6 cm³/mol. The van der Waals surface area contributed by atoms with Crippen molar-refractivity contribution in [2.75, 3.05) is 5.32 Å². The molecule has 0 saturated carbocycles. The number of nitrogens with two attached hydrogens (primary N) is 1. The van der Waals surface area contributed by atoms with Gasteiger partial charge in [-0.1, -0.05) is 20.8 Å². The third-order valence-corrected chi connectivity index (χ3v) is 2.95. The maximum Gasteiger partial charge on any atom is 0.241 e. The molecule has 5 heteroatoms. The van der Waals surface area contributed by atoms with Crippen molar-refractivity contribution in [3.63, 3.8) is 0 Å². The Kier molecular flexibility index (Phi) is 3.48. The van der Waals surface area contributed by atoms with E-state index in [-0.39, 0.29) is 11.3 Å². The Labute approximate surface area is 112 Å². The molecule has 0 radical (unpaired) electrons. The fraction of sp³-hybridized carbons (Fsp3) is 0.357. The van der Waals surface area contributed by atoms with Crippen molar-refractivity contribution >= 4 is 22.6 Å². The molecule has 3 N–H and O–H groups in total. The highest BCUT2D eigenvalue weighted by Gasteiger charge is 2.27. The number of carbonyl (C=O) groups excluding carboxylic acids is 1. The molecule has 2 rings (SSSR count). The Hall–Kier alpha value is -2.01. The van der Waals surface area contributed by atoms with Crippen LogP contribution in [0.15, 0.2) is 30.6 Å². The summed E-state index contributed by atoms with van der Waals surface area (Å²) in [6.45, 7) is 5.80. The van der Waals surface area contributed by atoms with Gasteiger partial charge < -0.3 is 11.1 Å². The van der Waals surface area contributed by atoms with Crippen LogP contribution in [0.25, 0.3) is 11.0 Å². The molecule has 0 aliphatic carbocycles. The van der Waals surface area contributed by atoms with Gasteiger partial charge in [-0.05, 0) is 23.6 Å². The summed E-state index contributed by atoms with van der Waals surface area (Å²) >= 11 is 0. The summed E-state index contributed by atoms with van der Waals surface area (Å²) in [7, 11) is 0. The molecule has 0 aliphatic rings. The van der Waals surface area contributed by atoms with Crippen LogP contribution in [0.5, 0.6) is 0 Å². The number of aromatic nitrogens is 2. The predicted octanol–water partition coefficient (Wildman–Crippen LogP) is 1.94. The van der Waals surface area contributed by atoms with E-state index in [2.05, 4.69) is 15.3 Å². The highest BCUT2D eigenvalue weighted by atomic mass is 16.2. The second-order valence-electron chi connectivity index (χ2n) is 5.59. The third kappa shape index (κ3) is 3.06. The van der Waals surface area contributed by atoms with Crippen LogP contribution in [-0.2, 0) is 4.79 Å². The van der Waals surface area contributed by atoms with Crippen molar-refractivity contribution in [2.45, 2.75) is 26.8 Å². The quantitative estimate of drug-likeness (QED) is 0.862. The number of rotatable bonds is 2. The maximum atomic E-state index is 12.0. The van der Waals surface area contributed by atoms with Crippen molar-refractivity contribution in [1.29, 1.82) is 0 Å². The molecule has 100 valence electrons. The monoisotopic (exact) mass is 258 g/mol. The highest BCUT2D eigenvalue weighted by molar-refractivity contribution is 5.96. The van der Waals surface area contributed by atoms with Gasteiger partial charge in [-0.2, -0.15) is 0 Å². The first-order valence-electron chi connectivity index (χ1n) is 6.15. The topological polar surface area (TPSA) is 80.9 Å². The van der Waals surface area contributed by atoms with Crippen LogP contribution in [0, 0.1) is 5.41 Å². The van der Waals surface area contributed by atoms with Crippen LogP contribution in [0.1, 0.15) is 20.8 Å². The van der Waals surface area contributed by atoms with Gasteiger partial charge in [-0.25, -0.2) is 0 Å². The minimum Gasteiger partial charge on any atom is -0.325 e. The zero-order chi connectivity index (χ0) is 14.0. The van der Waals surface area contributed by atoms with Crippen LogP contribution in [0.4, 0.5) is 5.69 Å². The lowest BCUT2D eigenvalue weighted by Gasteiger charge is -2.25. The lowest BCUT2D eigenvalue weighted by atomic mass is 9.87. The Bertz CT molecular complexity index is 604.